The van der Waals surface area contributed by atoms with Crippen LogP contribution < -0.4 is 9.22 Å². The van der Waals surface area contributed by atoms with Gasteiger partial charge < -0.3 is 9.47 Å². The van der Waals surface area contributed by atoms with Crippen LogP contribution in [0.2, 0.25) is 0 Å². The molecular weight excluding hydrogens is 502 g/mol. The summed E-state index contributed by atoms with van der Waals surface area (Å²) in [7, 11) is 4.74. The number of carbonyl (C=O) groups excluding carboxylic acids is 2. The highest BCUT2D eigenvalue weighted by atomic mass is 16.5. The maximum Gasteiger partial charge on any atom is 0.434 e. The zero-order valence-corrected chi connectivity index (χ0v) is 22.5. The van der Waals surface area contributed by atoms with Crippen LogP contribution in [-0.2, 0) is 11.3 Å². The topological polar surface area (TPSA) is 79.6 Å². The molecule has 0 radical (unpaired) electrons. The fraction of sp³-hybridized carbons (Fsp3) is 0.121. The van der Waals surface area contributed by atoms with Gasteiger partial charge in [0, 0.05) is 28.8 Å². The van der Waals surface area contributed by atoms with Crippen molar-refractivity contribution in [1.29, 1.82) is 5.26 Å². The van der Waals surface area contributed by atoms with Crippen molar-refractivity contribution in [1.82, 2.24) is 9.38 Å². The van der Waals surface area contributed by atoms with Gasteiger partial charge in [0.05, 0.1) is 45.0 Å². The monoisotopic (exact) mass is 530 g/mol. The molecule has 0 saturated carbocycles. The highest BCUT2D eigenvalue weighted by Gasteiger charge is 2.53. The molecule has 0 spiro atoms. The quantitative estimate of drug-likeness (QED) is 0.203. The van der Waals surface area contributed by atoms with E-state index in [4.69, 9.17) is 9.47 Å². The number of quaternary nitrogens is 1. The first-order valence-corrected chi connectivity index (χ1v) is 12.7. The SMILES string of the molecule is COC(=O)c1cccc([N+]2(C)C(=O)N(Cc3cc(C#N)ccc3OC)C(c3ccccc3)=C2c2ccccc2)c1. The maximum absolute atomic E-state index is 14.7. The van der Waals surface area contributed by atoms with E-state index in [9.17, 15) is 14.9 Å². The number of benzene rings is 4. The Labute approximate surface area is 233 Å². The van der Waals surface area contributed by atoms with E-state index in [1.54, 1.807) is 48.4 Å². The molecule has 1 aliphatic heterocycles. The van der Waals surface area contributed by atoms with E-state index >= 15 is 0 Å². The van der Waals surface area contributed by atoms with Crippen LogP contribution in [-0.4, -0.2) is 38.2 Å². The average Bonchev–Trinajstić information content (AvgIpc) is 3.24. The summed E-state index contributed by atoms with van der Waals surface area (Å²) in [6.45, 7) is 0.169. The van der Waals surface area contributed by atoms with Crippen LogP contribution in [0.25, 0.3) is 11.4 Å². The van der Waals surface area contributed by atoms with Crippen LogP contribution in [0, 0.1) is 11.3 Å². The molecular formula is C33H28N3O4+. The number of amides is 2. The van der Waals surface area contributed by atoms with Gasteiger partial charge in [-0.05, 0) is 36.4 Å². The molecule has 40 heavy (non-hydrogen) atoms. The maximum atomic E-state index is 14.7. The van der Waals surface area contributed by atoms with Gasteiger partial charge in [0.1, 0.15) is 17.1 Å². The highest BCUT2D eigenvalue weighted by molar-refractivity contribution is 6.15. The Bertz CT molecular complexity index is 1660. The number of ether oxygens (including phenoxy) is 2. The van der Waals surface area contributed by atoms with Crippen molar-refractivity contribution in [2.45, 2.75) is 6.54 Å². The molecule has 198 valence electrons. The van der Waals surface area contributed by atoms with Gasteiger partial charge in [0.15, 0.2) is 5.70 Å². The summed E-state index contributed by atoms with van der Waals surface area (Å²) in [6, 6.07) is 33.6. The molecule has 0 bridgehead atoms. The minimum atomic E-state index is -0.483. The third kappa shape index (κ3) is 4.51. The summed E-state index contributed by atoms with van der Waals surface area (Å²) in [5, 5.41) is 9.56. The molecule has 4 aromatic rings. The minimum Gasteiger partial charge on any atom is -0.496 e. The smallest absolute Gasteiger partial charge is 0.434 e. The lowest BCUT2D eigenvalue weighted by molar-refractivity contribution is 0.0600. The number of nitrogens with zero attached hydrogens (tertiary/aromatic N) is 3. The average molecular weight is 531 g/mol. The summed E-state index contributed by atoms with van der Waals surface area (Å²) in [5.41, 5.74) is 5.34. The van der Waals surface area contributed by atoms with Crippen molar-refractivity contribution in [3.05, 3.63) is 131 Å². The van der Waals surface area contributed by atoms with E-state index in [-0.39, 0.29) is 17.1 Å². The van der Waals surface area contributed by atoms with Crippen LogP contribution in [0.15, 0.2) is 103 Å². The van der Waals surface area contributed by atoms with Gasteiger partial charge in [0.2, 0.25) is 0 Å². The molecule has 1 heterocycles. The molecule has 1 unspecified atom stereocenters. The van der Waals surface area contributed by atoms with Crippen molar-refractivity contribution >= 4 is 29.1 Å². The fourth-order valence-corrected chi connectivity index (χ4v) is 5.21. The predicted octanol–water partition coefficient (Wildman–Crippen LogP) is 6.45. The molecule has 1 atom stereocenters. The Balaban J connectivity index is 1.80. The lowest BCUT2D eigenvalue weighted by Gasteiger charge is -2.29. The molecule has 1 aliphatic rings. The third-order valence-electron chi connectivity index (χ3n) is 7.17. The Morgan fingerprint density at radius 1 is 0.875 bits per heavy atom. The Morgan fingerprint density at radius 2 is 1.55 bits per heavy atom. The first kappa shape index (κ1) is 26.4. The molecule has 0 fully saturated rings. The van der Waals surface area contributed by atoms with Crippen LogP contribution in [0.4, 0.5) is 10.5 Å². The van der Waals surface area contributed by atoms with Crippen LogP contribution >= 0.6 is 0 Å². The zero-order chi connectivity index (χ0) is 28.3. The van der Waals surface area contributed by atoms with Gasteiger partial charge in [-0.25, -0.2) is 9.59 Å². The number of carbonyl (C=O) groups is 2. The Kier molecular flexibility index (Phi) is 7.19. The number of nitriles is 1. The van der Waals surface area contributed by atoms with Gasteiger partial charge in [-0.2, -0.15) is 9.74 Å². The van der Waals surface area contributed by atoms with Gasteiger partial charge in [0.25, 0.3) is 0 Å². The van der Waals surface area contributed by atoms with Gasteiger partial charge in [-0.15, -0.1) is 0 Å². The van der Waals surface area contributed by atoms with Crippen molar-refractivity contribution in [2.24, 2.45) is 0 Å². The van der Waals surface area contributed by atoms with E-state index in [2.05, 4.69) is 6.07 Å². The highest BCUT2D eigenvalue weighted by Crippen LogP contribution is 2.47. The summed E-state index contributed by atoms with van der Waals surface area (Å²) in [6.07, 6.45) is 0. The normalized spacial score (nSPS) is 16.6. The molecule has 0 saturated heterocycles. The van der Waals surface area contributed by atoms with Crippen molar-refractivity contribution in [2.75, 3.05) is 21.3 Å². The lowest BCUT2D eigenvalue weighted by atomic mass is 10.0. The van der Waals surface area contributed by atoms with Gasteiger partial charge in [-0.1, -0.05) is 54.6 Å². The summed E-state index contributed by atoms with van der Waals surface area (Å²) in [4.78, 5) is 28.9. The van der Waals surface area contributed by atoms with Crippen molar-refractivity contribution in [3.63, 3.8) is 0 Å². The first-order chi connectivity index (χ1) is 19.4. The molecule has 5 rings (SSSR count). The second-order valence-corrected chi connectivity index (χ2v) is 9.48. The second-order valence-electron chi connectivity index (χ2n) is 9.48. The predicted molar refractivity (Wildman–Crippen MR) is 154 cm³/mol. The third-order valence-corrected chi connectivity index (χ3v) is 7.17. The lowest BCUT2D eigenvalue weighted by Crippen LogP contribution is -2.49. The molecule has 0 N–H and O–H groups in total. The Morgan fingerprint density at radius 3 is 2.17 bits per heavy atom. The summed E-state index contributed by atoms with van der Waals surface area (Å²) >= 11 is 0. The molecule has 7 heteroatoms. The number of methoxy groups -OCH3 is 2. The van der Waals surface area contributed by atoms with Crippen LogP contribution in [0.3, 0.4) is 0 Å². The fourth-order valence-electron chi connectivity index (χ4n) is 5.21. The molecule has 0 aliphatic carbocycles. The van der Waals surface area contributed by atoms with E-state index < -0.39 is 5.97 Å². The van der Waals surface area contributed by atoms with Crippen LogP contribution in [0.5, 0.6) is 5.75 Å². The molecule has 0 aromatic heterocycles. The van der Waals surface area contributed by atoms with E-state index in [1.807, 2.05) is 73.8 Å². The number of hydrogen-bond acceptors (Lipinski definition) is 5. The standard InChI is InChI=1S/C33H28N3O4/c1-36(28-16-10-15-26(20-28)32(37)40-3)31(25-13-8-5-9-14-25)30(24-11-6-4-7-12-24)35(33(36)38)22-27-19-23(21-34)17-18-29(27)39-2/h4-20H,22H2,1-3H3/q+1. The zero-order valence-electron chi connectivity index (χ0n) is 22.5. The molecule has 4 aromatic carbocycles. The van der Waals surface area contributed by atoms with Gasteiger partial charge in [-0.3, -0.25) is 4.90 Å². The molecule has 2 amide bonds. The van der Waals surface area contributed by atoms with E-state index in [1.165, 1.54) is 7.11 Å². The molecule has 7 nitrogen and oxygen atoms in total. The van der Waals surface area contributed by atoms with E-state index in [0.29, 0.717) is 28.1 Å². The summed E-state index contributed by atoms with van der Waals surface area (Å²) < 4.78 is 10.4. The van der Waals surface area contributed by atoms with Crippen molar-refractivity contribution in [3.8, 4) is 11.8 Å². The largest absolute Gasteiger partial charge is 0.496 e. The number of hydrogen-bond donors (Lipinski definition) is 0. The van der Waals surface area contributed by atoms with Gasteiger partial charge >= 0.3 is 12.0 Å². The number of esters is 1. The number of urea groups is 1. The second kappa shape index (κ2) is 10.9. The van der Waals surface area contributed by atoms with E-state index in [0.717, 1.165) is 22.5 Å². The summed E-state index contributed by atoms with van der Waals surface area (Å²) in [5.74, 6) is 0.0952. The number of rotatable bonds is 7. The Hall–Kier alpha value is -5.19. The minimum absolute atomic E-state index is 0.169. The van der Waals surface area contributed by atoms with Crippen molar-refractivity contribution < 1.29 is 19.1 Å². The van der Waals surface area contributed by atoms with Crippen LogP contribution in [0.1, 0.15) is 32.6 Å². The first-order valence-electron chi connectivity index (χ1n) is 12.7.